The minimum atomic E-state index is -0.655. The number of aromatic nitrogens is 1. The Labute approximate surface area is 125 Å². The Kier molecular flexibility index (Phi) is 4.68. The SMILES string of the molecule is Cc1nc(/C=C/C(=O)Nc2cccc(NC(N)=O)c2)cs1. The highest BCUT2D eigenvalue weighted by atomic mass is 32.1. The van der Waals surface area contributed by atoms with Gasteiger partial charge in [-0.1, -0.05) is 6.07 Å². The number of anilines is 2. The molecule has 0 aliphatic carbocycles. The molecule has 0 aliphatic heterocycles. The lowest BCUT2D eigenvalue weighted by atomic mass is 10.2. The molecule has 21 heavy (non-hydrogen) atoms. The largest absolute Gasteiger partial charge is 0.351 e. The highest BCUT2D eigenvalue weighted by Gasteiger charge is 2.01. The number of hydrogen-bond acceptors (Lipinski definition) is 4. The second-order valence-corrected chi connectivity index (χ2v) is 5.25. The standard InChI is InChI=1S/C14H14N4O2S/c1-9-16-12(8-21-9)5-6-13(19)17-10-3-2-4-11(7-10)18-14(15)20/h2-8H,1H3,(H,17,19)(H3,15,18,20)/b6-5+. The summed E-state index contributed by atoms with van der Waals surface area (Å²) in [6.07, 6.45) is 3.05. The lowest BCUT2D eigenvalue weighted by Gasteiger charge is -2.05. The predicted octanol–water partition coefficient (Wildman–Crippen LogP) is 2.59. The van der Waals surface area contributed by atoms with E-state index in [0.29, 0.717) is 11.4 Å². The molecular formula is C14H14N4O2S. The van der Waals surface area contributed by atoms with Crippen LogP contribution in [0.2, 0.25) is 0 Å². The molecule has 1 aromatic heterocycles. The fraction of sp³-hybridized carbons (Fsp3) is 0.0714. The normalized spacial score (nSPS) is 10.5. The summed E-state index contributed by atoms with van der Waals surface area (Å²) in [4.78, 5) is 26.8. The molecule has 0 aliphatic rings. The molecule has 0 fully saturated rings. The van der Waals surface area contributed by atoms with Crippen molar-refractivity contribution in [3.05, 3.63) is 46.4 Å². The average molecular weight is 302 g/mol. The molecule has 0 atom stereocenters. The third-order valence-corrected chi connectivity index (χ3v) is 3.23. The fourth-order valence-corrected chi connectivity index (χ4v) is 2.20. The summed E-state index contributed by atoms with van der Waals surface area (Å²) in [7, 11) is 0. The fourth-order valence-electron chi connectivity index (χ4n) is 1.62. The van der Waals surface area contributed by atoms with Crippen molar-refractivity contribution >= 4 is 40.7 Å². The van der Waals surface area contributed by atoms with E-state index in [2.05, 4.69) is 15.6 Å². The zero-order valence-corrected chi connectivity index (χ0v) is 12.1. The van der Waals surface area contributed by atoms with E-state index >= 15 is 0 Å². The monoisotopic (exact) mass is 302 g/mol. The molecule has 1 heterocycles. The van der Waals surface area contributed by atoms with Crippen molar-refractivity contribution in [3.63, 3.8) is 0 Å². The lowest BCUT2D eigenvalue weighted by Crippen LogP contribution is -2.19. The molecule has 3 amide bonds. The number of hydrogen-bond donors (Lipinski definition) is 3. The zero-order valence-electron chi connectivity index (χ0n) is 11.3. The van der Waals surface area contributed by atoms with Gasteiger partial charge in [0.1, 0.15) is 0 Å². The van der Waals surface area contributed by atoms with E-state index < -0.39 is 6.03 Å². The Balaban J connectivity index is 1.99. The quantitative estimate of drug-likeness (QED) is 0.757. The number of nitrogens with zero attached hydrogens (tertiary/aromatic N) is 1. The molecule has 0 bridgehead atoms. The number of nitrogens with two attached hydrogens (primary N) is 1. The number of thiazole rings is 1. The van der Waals surface area contributed by atoms with E-state index in [1.807, 2.05) is 12.3 Å². The van der Waals surface area contributed by atoms with Gasteiger partial charge in [-0.05, 0) is 31.2 Å². The summed E-state index contributed by atoms with van der Waals surface area (Å²) in [5.41, 5.74) is 6.86. The molecule has 6 nitrogen and oxygen atoms in total. The lowest BCUT2D eigenvalue weighted by molar-refractivity contribution is -0.111. The number of amides is 3. The number of carbonyl (C=O) groups excluding carboxylic acids is 2. The summed E-state index contributed by atoms with van der Waals surface area (Å²) < 4.78 is 0. The van der Waals surface area contributed by atoms with E-state index in [0.717, 1.165) is 10.7 Å². The van der Waals surface area contributed by atoms with Crippen LogP contribution in [0.3, 0.4) is 0 Å². The maximum atomic E-state index is 11.8. The topological polar surface area (TPSA) is 97.1 Å². The van der Waals surface area contributed by atoms with Crippen LogP contribution in [-0.4, -0.2) is 16.9 Å². The van der Waals surface area contributed by atoms with Gasteiger partial charge in [0, 0.05) is 22.8 Å². The summed E-state index contributed by atoms with van der Waals surface area (Å²) >= 11 is 1.52. The van der Waals surface area contributed by atoms with Gasteiger partial charge in [-0.3, -0.25) is 4.79 Å². The van der Waals surface area contributed by atoms with Crippen LogP contribution in [-0.2, 0) is 4.79 Å². The molecule has 0 spiro atoms. The molecular weight excluding hydrogens is 288 g/mol. The molecule has 7 heteroatoms. The van der Waals surface area contributed by atoms with Gasteiger partial charge in [0.05, 0.1) is 10.7 Å². The summed E-state index contributed by atoms with van der Waals surface area (Å²) in [5.74, 6) is -0.281. The molecule has 1 aromatic carbocycles. The van der Waals surface area contributed by atoms with Crippen LogP contribution in [0, 0.1) is 6.92 Å². The first kappa shape index (κ1) is 14.7. The molecule has 2 aromatic rings. The second kappa shape index (κ2) is 6.67. The molecule has 0 unspecified atom stereocenters. The van der Waals surface area contributed by atoms with E-state index in [9.17, 15) is 9.59 Å². The Hall–Kier alpha value is -2.67. The first-order valence-electron chi connectivity index (χ1n) is 6.10. The Bertz CT molecular complexity index is 694. The van der Waals surface area contributed by atoms with Crippen molar-refractivity contribution < 1.29 is 9.59 Å². The second-order valence-electron chi connectivity index (χ2n) is 4.18. The molecule has 0 radical (unpaired) electrons. The van der Waals surface area contributed by atoms with E-state index in [4.69, 9.17) is 5.73 Å². The Morgan fingerprint density at radius 1 is 1.29 bits per heavy atom. The van der Waals surface area contributed by atoms with Crippen LogP contribution in [0.4, 0.5) is 16.2 Å². The van der Waals surface area contributed by atoms with Gasteiger partial charge in [0.15, 0.2) is 0 Å². The first-order chi connectivity index (χ1) is 10.0. The number of nitrogens with one attached hydrogen (secondary N) is 2. The Morgan fingerprint density at radius 3 is 2.62 bits per heavy atom. The third-order valence-electron chi connectivity index (χ3n) is 2.44. The van der Waals surface area contributed by atoms with E-state index in [-0.39, 0.29) is 5.91 Å². The summed E-state index contributed by atoms with van der Waals surface area (Å²) in [5, 5.41) is 7.95. The number of benzene rings is 1. The number of primary amides is 1. The van der Waals surface area contributed by atoms with Gasteiger partial charge >= 0.3 is 6.03 Å². The van der Waals surface area contributed by atoms with Crippen molar-refractivity contribution in [1.29, 1.82) is 0 Å². The molecule has 4 N–H and O–H groups in total. The van der Waals surface area contributed by atoms with Gasteiger partial charge in [-0.15, -0.1) is 11.3 Å². The molecule has 0 saturated carbocycles. The summed E-state index contributed by atoms with van der Waals surface area (Å²) in [6.45, 7) is 1.90. The van der Waals surface area contributed by atoms with Crippen LogP contribution in [0.1, 0.15) is 10.7 Å². The highest BCUT2D eigenvalue weighted by Crippen LogP contribution is 2.15. The van der Waals surface area contributed by atoms with Crippen LogP contribution < -0.4 is 16.4 Å². The van der Waals surface area contributed by atoms with Gasteiger partial charge < -0.3 is 16.4 Å². The molecule has 108 valence electrons. The van der Waals surface area contributed by atoms with Crippen LogP contribution in [0.5, 0.6) is 0 Å². The predicted molar refractivity (Wildman–Crippen MR) is 84.2 cm³/mol. The number of carbonyl (C=O) groups is 2. The van der Waals surface area contributed by atoms with E-state index in [1.54, 1.807) is 30.3 Å². The minimum absolute atomic E-state index is 0.281. The van der Waals surface area contributed by atoms with Crippen molar-refractivity contribution in [2.24, 2.45) is 5.73 Å². The van der Waals surface area contributed by atoms with Gasteiger partial charge in [0.2, 0.25) is 5.91 Å². The summed E-state index contributed by atoms with van der Waals surface area (Å²) in [6, 6.07) is 6.05. The first-order valence-corrected chi connectivity index (χ1v) is 6.98. The molecule has 0 saturated heterocycles. The van der Waals surface area contributed by atoms with Crippen LogP contribution >= 0.6 is 11.3 Å². The van der Waals surface area contributed by atoms with Gasteiger partial charge in [0.25, 0.3) is 0 Å². The van der Waals surface area contributed by atoms with Crippen molar-refractivity contribution in [1.82, 2.24) is 4.98 Å². The van der Waals surface area contributed by atoms with Crippen LogP contribution in [0.25, 0.3) is 6.08 Å². The van der Waals surface area contributed by atoms with Crippen LogP contribution in [0.15, 0.2) is 35.7 Å². The van der Waals surface area contributed by atoms with Crippen molar-refractivity contribution in [3.8, 4) is 0 Å². The maximum Gasteiger partial charge on any atom is 0.316 e. The third kappa shape index (κ3) is 4.73. The van der Waals surface area contributed by atoms with Crippen molar-refractivity contribution in [2.45, 2.75) is 6.92 Å². The number of aryl methyl sites for hydroxylation is 1. The van der Waals surface area contributed by atoms with Gasteiger partial charge in [-0.25, -0.2) is 9.78 Å². The minimum Gasteiger partial charge on any atom is -0.351 e. The van der Waals surface area contributed by atoms with Gasteiger partial charge in [-0.2, -0.15) is 0 Å². The Morgan fingerprint density at radius 2 is 2.00 bits per heavy atom. The number of urea groups is 1. The highest BCUT2D eigenvalue weighted by molar-refractivity contribution is 7.09. The molecule has 2 rings (SSSR count). The average Bonchev–Trinajstić information content (AvgIpc) is 2.82. The van der Waals surface area contributed by atoms with E-state index in [1.165, 1.54) is 17.4 Å². The van der Waals surface area contributed by atoms with Crippen molar-refractivity contribution in [2.75, 3.05) is 10.6 Å². The smallest absolute Gasteiger partial charge is 0.316 e. The maximum absolute atomic E-state index is 11.8. The number of rotatable bonds is 4. The zero-order chi connectivity index (χ0) is 15.2.